The monoisotopic (exact) mass is 208 g/mol. The number of nitrogens with two attached hydrogens (primary N) is 1. The van der Waals surface area contributed by atoms with Crippen molar-refractivity contribution in [3.8, 4) is 5.88 Å². The second-order valence-electron chi connectivity index (χ2n) is 3.69. The zero-order valence-corrected chi connectivity index (χ0v) is 9.10. The van der Waals surface area contributed by atoms with Crippen LogP contribution in [0.3, 0.4) is 0 Å². The fourth-order valence-corrected chi connectivity index (χ4v) is 1.76. The average molecular weight is 208 g/mol. The van der Waals surface area contributed by atoms with Gasteiger partial charge in [-0.2, -0.15) is 4.98 Å². The van der Waals surface area contributed by atoms with Gasteiger partial charge >= 0.3 is 0 Å². The van der Waals surface area contributed by atoms with Gasteiger partial charge in [-0.3, -0.25) is 0 Å². The summed E-state index contributed by atoms with van der Waals surface area (Å²) in [5.41, 5.74) is 5.65. The number of hydrogen-bond acceptors (Lipinski definition) is 5. The van der Waals surface area contributed by atoms with Gasteiger partial charge in [-0.05, 0) is 13.3 Å². The standard InChI is InChI=1S/C10H16N4O/c1-7-12-9(5-10(13-7)15-2)14-4-3-8(14)6-11/h5,8H,3-4,6,11H2,1-2H3. The molecule has 2 N–H and O–H groups in total. The largest absolute Gasteiger partial charge is 0.481 e. The van der Waals surface area contributed by atoms with E-state index in [9.17, 15) is 0 Å². The predicted molar refractivity (Wildman–Crippen MR) is 58.1 cm³/mol. The van der Waals surface area contributed by atoms with Crippen molar-refractivity contribution in [3.05, 3.63) is 11.9 Å². The molecule has 1 saturated heterocycles. The van der Waals surface area contributed by atoms with Crippen molar-refractivity contribution >= 4 is 5.82 Å². The molecule has 0 radical (unpaired) electrons. The molecule has 1 atom stereocenters. The third-order valence-corrected chi connectivity index (χ3v) is 2.72. The molecule has 15 heavy (non-hydrogen) atoms. The Balaban J connectivity index is 2.24. The summed E-state index contributed by atoms with van der Waals surface area (Å²) >= 11 is 0. The fourth-order valence-electron chi connectivity index (χ4n) is 1.76. The van der Waals surface area contributed by atoms with Crippen LogP contribution in [-0.2, 0) is 0 Å². The molecule has 2 rings (SSSR count). The zero-order chi connectivity index (χ0) is 10.8. The van der Waals surface area contributed by atoms with Crippen LogP contribution in [0.1, 0.15) is 12.2 Å². The molecule has 0 aromatic carbocycles. The lowest BCUT2D eigenvalue weighted by Crippen LogP contribution is -2.52. The number of aryl methyl sites for hydroxylation is 1. The van der Waals surface area contributed by atoms with Crippen LogP contribution < -0.4 is 15.4 Å². The highest BCUT2D eigenvalue weighted by atomic mass is 16.5. The van der Waals surface area contributed by atoms with Gasteiger partial charge in [-0.1, -0.05) is 0 Å². The maximum absolute atomic E-state index is 5.65. The molecule has 0 aliphatic carbocycles. The normalized spacial score (nSPS) is 19.9. The molecule has 1 unspecified atom stereocenters. The van der Waals surface area contributed by atoms with Crippen LogP contribution >= 0.6 is 0 Å². The molecule has 0 bridgehead atoms. The Morgan fingerprint density at radius 3 is 2.93 bits per heavy atom. The molecular formula is C10H16N4O. The highest BCUT2D eigenvalue weighted by molar-refractivity contribution is 5.45. The fraction of sp³-hybridized carbons (Fsp3) is 0.600. The third kappa shape index (κ3) is 1.87. The molecular weight excluding hydrogens is 192 g/mol. The molecule has 1 fully saturated rings. The Bertz CT molecular complexity index is 353. The number of anilines is 1. The lowest BCUT2D eigenvalue weighted by Gasteiger charge is -2.41. The summed E-state index contributed by atoms with van der Waals surface area (Å²) in [7, 11) is 1.61. The summed E-state index contributed by atoms with van der Waals surface area (Å²) in [5.74, 6) is 2.26. The summed E-state index contributed by atoms with van der Waals surface area (Å²) < 4.78 is 5.11. The first-order valence-corrected chi connectivity index (χ1v) is 5.11. The van der Waals surface area contributed by atoms with E-state index in [1.807, 2.05) is 13.0 Å². The second kappa shape index (κ2) is 4.02. The summed E-state index contributed by atoms with van der Waals surface area (Å²) in [5, 5.41) is 0. The van der Waals surface area contributed by atoms with Crippen molar-refractivity contribution in [2.75, 3.05) is 25.1 Å². The van der Waals surface area contributed by atoms with Crippen LogP contribution in [-0.4, -0.2) is 36.2 Å². The van der Waals surface area contributed by atoms with Gasteiger partial charge in [0.15, 0.2) is 0 Å². The van der Waals surface area contributed by atoms with E-state index in [0.717, 1.165) is 24.6 Å². The maximum Gasteiger partial charge on any atom is 0.218 e. The molecule has 5 nitrogen and oxygen atoms in total. The van der Waals surface area contributed by atoms with Gasteiger partial charge in [-0.25, -0.2) is 4.98 Å². The first-order chi connectivity index (χ1) is 7.24. The molecule has 2 heterocycles. The molecule has 1 aliphatic heterocycles. The van der Waals surface area contributed by atoms with E-state index in [0.29, 0.717) is 18.5 Å². The van der Waals surface area contributed by atoms with Gasteiger partial charge in [-0.15, -0.1) is 0 Å². The van der Waals surface area contributed by atoms with E-state index in [1.54, 1.807) is 7.11 Å². The lowest BCUT2D eigenvalue weighted by atomic mass is 10.0. The molecule has 0 amide bonds. The highest BCUT2D eigenvalue weighted by Crippen LogP contribution is 2.26. The van der Waals surface area contributed by atoms with E-state index in [1.165, 1.54) is 0 Å². The average Bonchev–Trinajstić information content (AvgIpc) is 2.16. The van der Waals surface area contributed by atoms with E-state index < -0.39 is 0 Å². The Hall–Kier alpha value is -1.36. The Labute approximate surface area is 89.3 Å². The Kier molecular flexibility index (Phi) is 2.73. The minimum atomic E-state index is 0.420. The summed E-state index contributed by atoms with van der Waals surface area (Å²) in [6.07, 6.45) is 1.14. The highest BCUT2D eigenvalue weighted by Gasteiger charge is 2.28. The smallest absolute Gasteiger partial charge is 0.218 e. The minimum Gasteiger partial charge on any atom is -0.481 e. The molecule has 1 aliphatic rings. The number of ether oxygens (including phenoxy) is 1. The predicted octanol–water partition coefficient (Wildman–Crippen LogP) is 0.331. The van der Waals surface area contributed by atoms with Crippen molar-refractivity contribution in [2.45, 2.75) is 19.4 Å². The van der Waals surface area contributed by atoms with Crippen LogP contribution in [0, 0.1) is 6.92 Å². The quantitative estimate of drug-likeness (QED) is 0.775. The second-order valence-corrected chi connectivity index (χ2v) is 3.69. The summed E-state index contributed by atoms with van der Waals surface area (Å²) in [6, 6.07) is 2.28. The molecule has 1 aromatic heterocycles. The molecule has 5 heteroatoms. The minimum absolute atomic E-state index is 0.420. The van der Waals surface area contributed by atoms with E-state index in [2.05, 4.69) is 14.9 Å². The SMILES string of the molecule is COc1cc(N2CCC2CN)nc(C)n1. The van der Waals surface area contributed by atoms with Gasteiger partial charge in [0, 0.05) is 25.2 Å². The van der Waals surface area contributed by atoms with Crippen LogP contribution in [0.15, 0.2) is 6.07 Å². The van der Waals surface area contributed by atoms with Crippen molar-refractivity contribution in [1.29, 1.82) is 0 Å². The number of aromatic nitrogens is 2. The van der Waals surface area contributed by atoms with Gasteiger partial charge in [0.1, 0.15) is 11.6 Å². The van der Waals surface area contributed by atoms with Crippen molar-refractivity contribution in [2.24, 2.45) is 5.73 Å². The van der Waals surface area contributed by atoms with Gasteiger partial charge < -0.3 is 15.4 Å². The first-order valence-electron chi connectivity index (χ1n) is 5.11. The Morgan fingerprint density at radius 2 is 2.40 bits per heavy atom. The zero-order valence-electron chi connectivity index (χ0n) is 9.10. The molecule has 1 aromatic rings. The van der Waals surface area contributed by atoms with Crippen LogP contribution in [0.25, 0.3) is 0 Å². The van der Waals surface area contributed by atoms with E-state index in [4.69, 9.17) is 10.5 Å². The van der Waals surface area contributed by atoms with Crippen LogP contribution in [0.4, 0.5) is 5.82 Å². The summed E-state index contributed by atoms with van der Waals surface area (Å²) in [6.45, 7) is 3.55. The number of nitrogens with zero attached hydrogens (tertiary/aromatic N) is 3. The Morgan fingerprint density at radius 1 is 1.60 bits per heavy atom. The topological polar surface area (TPSA) is 64.3 Å². The molecule has 0 saturated carbocycles. The van der Waals surface area contributed by atoms with E-state index in [-0.39, 0.29) is 0 Å². The van der Waals surface area contributed by atoms with Gasteiger partial charge in [0.25, 0.3) is 0 Å². The maximum atomic E-state index is 5.65. The lowest BCUT2D eigenvalue weighted by molar-refractivity contribution is 0.393. The number of hydrogen-bond donors (Lipinski definition) is 1. The number of rotatable bonds is 3. The first kappa shape index (κ1) is 10.2. The van der Waals surface area contributed by atoms with Gasteiger partial charge in [0.05, 0.1) is 7.11 Å². The van der Waals surface area contributed by atoms with E-state index >= 15 is 0 Å². The number of methoxy groups -OCH3 is 1. The van der Waals surface area contributed by atoms with Gasteiger partial charge in [0.2, 0.25) is 5.88 Å². The summed E-state index contributed by atoms with van der Waals surface area (Å²) in [4.78, 5) is 10.7. The molecule has 82 valence electrons. The molecule has 0 spiro atoms. The third-order valence-electron chi connectivity index (χ3n) is 2.72. The van der Waals surface area contributed by atoms with Crippen molar-refractivity contribution < 1.29 is 4.74 Å². The van der Waals surface area contributed by atoms with Crippen molar-refractivity contribution in [3.63, 3.8) is 0 Å². The van der Waals surface area contributed by atoms with Crippen LogP contribution in [0.5, 0.6) is 5.88 Å². The van der Waals surface area contributed by atoms with Crippen LogP contribution in [0.2, 0.25) is 0 Å². The van der Waals surface area contributed by atoms with Crippen molar-refractivity contribution in [1.82, 2.24) is 9.97 Å².